The van der Waals surface area contributed by atoms with Crippen molar-refractivity contribution in [1.82, 2.24) is 0 Å². The zero-order valence-electron chi connectivity index (χ0n) is 6.09. The first-order valence-electron chi connectivity index (χ1n) is 2.77. The SMILES string of the molecule is O=C(OC(=O)[SiH2]S(=O)[O-])[SiH2]S(=O)[O-]. The number of carbonyl (C=O) groups excluding carboxylic acids is 2. The van der Waals surface area contributed by atoms with E-state index in [2.05, 4.69) is 4.74 Å². The van der Waals surface area contributed by atoms with Crippen molar-refractivity contribution in [1.29, 1.82) is 0 Å². The van der Waals surface area contributed by atoms with E-state index in [1.54, 1.807) is 0 Å². The molecule has 0 saturated heterocycles. The van der Waals surface area contributed by atoms with Gasteiger partial charge in [-0.3, -0.25) is 18.0 Å². The minimum Gasteiger partial charge on any atom is -0.777 e. The Kier molecular flexibility index (Phi) is 6.18. The zero-order chi connectivity index (χ0) is 10.4. The molecule has 13 heavy (non-hydrogen) atoms. The second-order valence-electron chi connectivity index (χ2n) is 1.74. The second-order valence-corrected chi connectivity index (χ2v) is 9.25. The predicted octanol–water partition coefficient (Wildman–Crippen LogP) is -2.83. The van der Waals surface area contributed by atoms with Crippen LogP contribution in [0.4, 0.5) is 9.59 Å². The summed E-state index contributed by atoms with van der Waals surface area (Å²) >= 11 is 0. The van der Waals surface area contributed by atoms with Gasteiger partial charge in [-0.25, -0.2) is 0 Å². The highest BCUT2D eigenvalue weighted by atomic mass is 32.4. The van der Waals surface area contributed by atoms with Crippen LogP contribution in [-0.4, -0.2) is 46.0 Å². The van der Waals surface area contributed by atoms with Crippen molar-refractivity contribution in [2.45, 2.75) is 0 Å². The Morgan fingerprint density at radius 1 is 1.00 bits per heavy atom. The van der Waals surface area contributed by atoms with Crippen LogP contribution in [0.1, 0.15) is 0 Å². The molecule has 11 heteroatoms. The maximum atomic E-state index is 10.5. The standard InChI is InChI=1S/C2H6O7S2Si2/c3-1(12-10(5)6)9-2(4)13-11(7)8/h12-13H2,(H,5,6)(H,7,8)/p-2. The Bertz CT molecular complexity index is 237. The average Bonchev–Trinajstić information content (AvgIpc) is 1.80. The van der Waals surface area contributed by atoms with Gasteiger partial charge in [-0.2, -0.15) is 0 Å². The van der Waals surface area contributed by atoms with Crippen molar-refractivity contribution < 1.29 is 31.8 Å². The Hall–Kier alpha value is -0.206. The third-order valence-corrected chi connectivity index (χ3v) is 4.76. The maximum absolute atomic E-state index is 10.5. The lowest BCUT2D eigenvalue weighted by atomic mass is 11.4. The molecule has 0 radical (unpaired) electrons. The maximum Gasteiger partial charge on any atom is 0.285 e. The van der Waals surface area contributed by atoms with E-state index in [1.165, 1.54) is 0 Å². The third-order valence-electron chi connectivity index (χ3n) is 0.699. The molecule has 0 fully saturated rings. The lowest BCUT2D eigenvalue weighted by Gasteiger charge is -2.05. The molecule has 0 amide bonds. The van der Waals surface area contributed by atoms with Gasteiger partial charge in [-0.05, 0) is 0 Å². The summed E-state index contributed by atoms with van der Waals surface area (Å²) in [6.07, 6.45) is 0. The fraction of sp³-hybridized carbons (Fsp3) is 0. The topological polar surface area (TPSA) is 124 Å². The van der Waals surface area contributed by atoms with Crippen LogP contribution in [0.25, 0.3) is 0 Å². The molecule has 0 aromatic heterocycles. The van der Waals surface area contributed by atoms with E-state index in [0.717, 1.165) is 0 Å². The van der Waals surface area contributed by atoms with E-state index in [4.69, 9.17) is 0 Å². The van der Waals surface area contributed by atoms with Crippen LogP contribution in [0, 0.1) is 0 Å². The lowest BCUT2D eigenvalue weighted by molar-refractivity contribution is 0.184. The predicted molar refractivity (Wildman–Crippen MR) is 46.8 cm³/mol. The van der Waals surface area contributed by atoms with Gasteiger partial charge in [0.05, 0.1) is 0 Å². The highest BCUT2D eigenvalue weighted by Gasteiger charge is 2.11. The highest BCUT2D eigenvalue weighted by molar-refractivity contribution is 8.08. The first-order chi connectivity index (χ1) is 5.91. The molecule has 0 rings (SSSR count). The van der Waals surface area contributed by atoms with E-state index in [1.807, 2.05) is 0 Å². The average molecular weight is 260 g/mol. The zero-order valence-corrected chi connectivity index (χ0v) is 10.5. The molecule has 0 aliphatic heterocycles. The molecule has 0 aliphatic carbocycles. The van der Waals surface area contributed by atoms with Crippen LogP contribution in [0.15, 0.2) is 0 Å². The molecule has 2 atom stereocenters. The van der Waals surface area contributed by atoms with E-state index in [9.17, 15) is 27.1 Å². The number of rotatable bonds is 4. The Morgan fingerprint density at radius 3 is 1.54 bits per heavy atom. The fourth-order valence-electron chi connectivity index (χ4n) is 0.378. The number of hydrogen-bond donors (Lipinski definition) is 0. The molecule has 0 spiro atoms. The molecule has 0 N–H and O–H groups in total. The van der Waals surface area contributed by atoms with Crippen LogP contribution in [-0.2, 0) is 25.8 Å². The summed E-state index contributed by atoms with van der Waals surface area (Å²) < 4.78 is 43.7. The van der Waals surface area contributed by atoms with Crippen molar-refractivity contribution in [2.24, 2.45) is 0 Å². The van der Waals surface area contributed by atoms with Crippen LogP contribution in [0.5, 0.6) is 0 Å². The molecule has 2 unspecified atom stereocenters. The summed E-state index contributed by atoms with van der Waals surface area (Å²) in [5.74, 6) is 0. The lowest BCUT2D eigenvalue weighted by Crippen LogP contribution is -2.24. The minimum absolute atomic E-state index is 1.13. The van der Waals surface area contributed by atoms with Crippen LogP contribution >= 0.6 is 0 Å². The normalized spacial score (nSPS) is 16.5. The molecule has 76 valence electrons. The largest absolute Gasteiger partial charge is 0.777 e. The molecule has 0 bridgehead atoms. The third kappa shape index (κ3) is 8.13. The fourth-order valence-corrected chi connectivity index (χ4v) is 2.92. The van der Waals surface area contributed by atoms with Gasteiger partial charge in [0.25, 0.3) is 11.2 Å². The summed E-state index contributed by atoms with van der Waals surface area (Å²) in [5, 5.41) is 0. The van der Waals surface area contributed by atoms with Gasteiger partial charge in [0, 0.05) is 0 Å². The first-order valence-corrected chi connectivity index (χ1v) is 10.1. The van der Waals surface area contributed by atoms with Crippen LogP contribution in [0.2, 0.25) is 0 Å². The Labute approximate surface area is 81.7 Å². The van der Waals surface area contributed by atoms with Crippen molar-refractivity contribution in [3.05, 3.63) is 0 Å². The highest BCUT2D eigenvalue weighted by Crippen LogP contribution is 1.86. The van der Waals surface area contributed by atoms with E-state index >= 15 is 0 Å². The molecule has 0 aromatic rings. The quantitative estimate of drug-likeness (QED) is 0.303. The van der Waals surface area contributed by atoms with E-state index in [-0.39, 0.29) is 0 Å². The van der Waals surface area contributed by atoms with Gasteiger partial charge in [-0.15, -0.1) is 0 Å². The van der Waals surface area contributed by atoms with E-state index < -0.39 is 49.6 Å². The molecule has 7 nitrogen and oxygen atoms in total. The monoisotopic (exact) mass is 260 g/mol. The van der Waals surface area contributed by atoms with Gasteiger partial charge in [0.2, 0.25) is 17.3 Å². The summed E-state index contributed by atoms with van der Waals surface area (Å²) in [6, 6.07) is 0. The first kappa shape index (κ1) is 12.8. The van der Waals surface area contributed by atoms with E-state index in [0.29, 0.717) is 0 Å². The number of ether oxygens (including phenoxy) is 1. The molecular formula is C2H4O7S2Si2-2. The van der Waals surface area contributed by atoms with Gasteiger partial charge in [0.15, 0.2) is 0 Å². The van der Waals surface area contributed by atoms with Gasteiger partial charge < -0.3 is 13.8 Å². The molecule has 0 heterocycles. The Balaban J connectivity index is 3.85. The van der Waals surface area contributed by atoms with Gasteiger partial charge in [0.1, 0.15) is 0 Å². The second kappa shape index (κ2) is 6.28. The van der Waals surface area contributed by atoms with Crippen molar-refractivity contribution in [3.63, 3.8) is 0 Å². The van der Waals surface area contributed by atoms with Crippen molar-refractivity contribution in [2.75, 3.05) is 0 Å². The summed E-state index contributed by atoms with van der Waals surface area (Å²) in [7, 11) is -9.30. The van der Waals surface area contributed by atoms with Crippen molar-refractivity contribution >= 4 is 49.6 Å². The Morgan fingerprint density at radius 2 is 1.31 bits per heavy atom. The number of carbonyl (C=O) groups is 2. The molecule has 0 saturated carbocycles. The smallest absolute Gasteiger partial charge is 0.285 e. The van der Waals surface area contributed by atoms with Crippen molar-refractivity contribution in [3.8, 4) is 0 Å². The van der Waals surface area contributed by atoms with Gasteiger partial charge in [-0.1, -0.05) is 21.1 Å². The van der Waals surface area contributed by atoms with Crippen LogP contribution in [0.3, 0.4) is 0 Å². The molecular weight excluding hydrogens is 256 g/mol. The minimum atomic E-state index is -2.50. The number of hydrogen-bond acceptors (Lipinski definition) is 7. The molecule has 0 aromatic carbocycles. The summed E-state index contributed by atoms with van der Waals surface area (Å²) in [4.78, 5) is 21.0. The molecule has 0 aliphatic rings. The summed E-state index contributed by atoms with van der Waals surface area (Å²) in [6.45, 7) is 0. The van der Waals surface area contributed by atoms with Gasteiger partial charge >= 0.3 is 0 Å². The summed E-state index contributed by atoms with van der Waals surface area (Å²) in [5.41, 5.74) is -2.26. The van der Waals surface area contributed by atoms with Crippen LogP contribution < -0.4 is 0 Å².